The van der Waals surface area contributed by atoms with Crippen molar-refractivity contribution in [2.45, 2.75) is 31.9 Å². The molecule has 108 valence electrons. The number of amides is 3. The Morgan fingerprint density at radius 2 is 2.05 bits per heavy atom. The van der Waals surface area contributed by atoms with Crippen molar-refractivity contribution >= 4 is 17.6 Å². The molecule has 1 fully saturated rings. The molecular formula is C14H19N3O3. The molecule has 1 saturated heterocycles. The Morgan fingerprint density at radius 1 is 1.40 bits per heavy atom. The minimum Gasteiger partial charge on any atom is -0.389 e. The van der Waals surface area contributed by atoms with E-state index in [-0.39, 0.29) is 6.03 Å². The lowest BCUT2D eigenvalue weighted by molar-refractivity contribution is -0.121. The van der Waals surface area contributed by atoms with Gasteiger partial charge in [-0.2, -0.15) is 0 Å². The van der Waals surface area contributed by atoms with Crippen LogP contribution < -0.4 is 11.1 Å². The van der Waals surface area contributed by atoms with E-state index in [0.717, 1.165) is 12.0 Å². The van der Waals surface area contributed by atoms with E-state index in [1.54, 1.807) is 31.2 Å². The summed E-state index contributed by atoms with van der Waals surface area (Å²) in [6.45, 7) is 2.21. The van der Waals surface area contributed by atoms with E-state index in [0.29, 0.717) is 18.7 Å². The molecule has 0 radical (unpaired) electrons. The second-order valence-corrected chi connectivity index (χ2v) is 4.98. The Balaban J connectivity index is 2.02. The number of nitrogens with zero attached hydrogens (tertiary/aromatic N) is 1. The average Bonchev–Trinajstić information content (AvgIpc) is 2.88. The van der Waals surface area contributed by atoms with Crippen LogP contribution >= 0.6 is 0 Å². The van der Waals surface area contributed by atoms with Gasteiger partial charge in [0, 0.05) is 12.2 Å². The molecule has 0 aliphatic carbocycles. The second-order valence-electron chi connectivity index (χ2n) is 4.98. The van der Waals surface area contributed by atoms with Gasteiger partial charge in [-0.15, -0.1) is 0 Å². The lowest BCUT2D eigenvalue weighted by Crippen LogP contribution is -2.45. The zero-order chi connectivity index (χ0) is 14.7. The number of hydrogen-bond donors (Lipinski definition) is 3. The first-order valence-electron chi connectivity index (χ1n) is 6.64. The number of hydrogen-bond acceptors (Lipinski definition) is 3. The summed E-state index contributed by atoms with van der Waals surface area (Å²) < 4.78 is 0. The van der Waals surface area contributed by atoms with Crippen molar-refractivity contribution in [2.75, 3.05) is 11.9 Å². The average molecular weight is 277 g/mol. The van der Waals surface area contributed by atoms with Gasteiger partial charge < -0.3 is 21.1 Å². The number of aliphatic hydroxyl groups excluding tert-OH is 1. The minimum absolute atomic E-state index is 0.323. The molecule has 4 N–H and O–H groups in total. The van der Waals surface area contributed by atoms with Crippen LogP contribution in [-0.4, -0.2) is 34.5 Å². The Morgan fingerprint density at radius 3 is 2.60 bits per heavy atom. The number of anilines is 1. The van der Waals surface area contributed by atoms with Crippen LogP contribution in [0.2, 0.25) is 0 Å². The lowest BCUT2D eigenvalue weighted by Gasteiger charge is -2.22. The third kappa shape index (κ3) is 3.08. The number of nitrogens with two attached hydrogens (primary N) is 1. The van der Waals surface area contributed by atoms with Crippen LogP contribution in [0.1, 0.15) is 31.4 Å². The van der Waals surface area contributed by atoms with E-state index in [9.17, 15) is 14.7 Å². The smallest absolute Gasteiger partial charge is 0.322 e. The molecule has 3 amide bonds. The number of benzene rings is 1. The van der Waals surface area contributed by atoms with Gasteiger partial charge in [-0.3, -0.25) is 4.79 Å². The maximum Gasteiger partial charge on any atom is 0.322 e. The quantitative estimate of drug-likeness (QED) is 0.775. The molecule has 1 aromatic rings. The van der Waals surface area contributed by atoms with E-state index < -0.39 is 18.1 Å². The Bertz CT molecular complexity index is 499. The van der Waals surface area contributed by atoms with Gasteiger partial charge in [-0.25, -0.2) is 4.79 Å². The molecule has 2 unspecified atom stereocenters. The van der Waals surface area contributed by atoms with Crippen LogP contribution in [-0.2, 0) is 4.79 Å². The number of rotatable bonds is 3. The van der Waals surface area contributed by atoms with Crippen LogP contribution in [0.15, 0.2) is 24.3 Å². The highest BCUT2D eigenvalue weighted by atomic mass is 16.3. The van der Waals surface area contributed by atoms with E-state index in [4.69, 9.17) is 5.73 Å². The van der Waals surface area contributed by atoms with Crippen LogP contribution in [0.3, 0.4) is 0 Å². The van der Waals surface area contributed by atoms with E-state index in [1.165, 1.54) is 4.90 Å². The monoisotopic (exact) mass is 277 g/mol. The Hall–Kier alpha value is -2.08. The Labute approximate surface area is 117 Å². The molecule has 0 bridgehead atoms. The van der Waals surface area contributed by atoms with Crippen molar-refractivity contribution in [2.24, 2.45) is 5.73 Å². The Kier molecular flexibility index (Phi) is 4.24. The molecule has 0 aromatic heterocycles. The second kappa shape index (κ2) is 5.92. The summed E-state index contributed by atoms with van der Waals surface area (Å²) in [7, 11) is 0. The summed E-state index contributed by atoms with van der Waals surface area (Å²) >= 11 is 0. The van der Waals surface area contributed by atoms with Crippen molar-refractivity contribution in [1.82, 2.24) is 4.90 Å². The fraction of sp³-hybridized carbons (Fsp3) is 0.429. The molecule has 1 aromatic carbocycles. The SMILES string of the molecule is CC(O)c1ccc(NC(=O)N2CCCC2C(N)=O)cc1. The van der Waals surface area contributed by atoms with E-state index in [2.05, 4.69) is 5.32 Å². The van der Waals surface area contributed by atoms with Gasteiger partial charge in [-0.1, -0.05) is 12.1 Å². The van der Waals surface area contributed by atoms with Gasteiger partial charge in [0.05, 0.1) is 6.10 Å². The first-order chi connectivity index (χ1) is 9.49. The van der Waals surface area contributed by atoms with Gasteiger partial charge in [-0.05, 0) is 37.5 Å². The topological polar surface area (TPSA) is 95.7 Å². The third-order valence-electron chi connectivity index (χ3n) is 3.49. The molecule has 2 atom stereocenters. The zero-order valence-electron chi connectivity index (χ0n) is 11.4. The zero-order valence-corrected chi connectivity index (χ0v) is 11.4. The normalized spacial score (nSPS) is 19.7. The molecule has 1 heterocycles. The number of likely N-dealkylation sites (tertiary alicyclic amines) is 1. The van der Waals surface area contributed by atoms with Crippen molar-refractivity contribution in [3.8, 4) is 0 Å². The van der Waals surface area contributed by atoms with Gasteiger partial charge in [0.25, 0.3) is 0 Å². The first kappa shape index (κ1) is 14.3. The molecule has 1 aliphatic rings. The molecule has 6 nitrogen and oxygen atoms in total. The molecule has 6 heteroatoms. The number of nitrogens with one attached hydrogen (secondary N) is 1. The maximum atomic E-state index is 12.1. The standard InChI is InChI=1S/C14H19N3O3/c1-9(18)10-4-6-11(7-5-10)16-14(20)17-8-2-3-12(17)13(15)19/h4-7,9,12,18H,2-3,8H2,1H3,(H2,15,19)(H,16,20). The number of carbonyl (C=O) groups excluding carboxylic acids is 2. The predicted molar refractivity (Wildman–Crippen MR) is 75.0 cm³/mol. The fourth-order valence-corrected chi connectivity index (χ4v) is 2.35. The van der Waals surface area contributed by atoms with E-state index >= 15 is 0 Å². The van der Waals surface area contributed by atoms with Crippen molar-refractivity contribution in [3.63, 3.8) is 0 Å². The number of primary amides is 1. The largest absolute Gasteiger partial charge is 0.389 e. The highest BCUT2D eigenvalue weighted by molar-refractivity contribution is 5.93. The molecule has 0 saturated carbocycles. The number of aliphatic hydroxyl groups is 1. The number of carbonyl (C=O) groups is 2. The molecule has 20 heavy (non-hydrogen) atoms. The first-order valence-corrected chi connectivity index (χ1v) is 6.64. The van der Waals surface area contributed by atoms with Gasteiger partial charge >= 0.3 is 6.03 Å². The molecule has 1 aliphatic heterocycles. The number of urea groups is 1. The van der Waals surface area contributed by atoms with Crippen LogP contribution in [0.25, 0.3) is 0 Å². The minimum atomic E-state index is -0.544. The highest BCUT2D eigenvalue weighted by Gasteiger charge is 2.32. The predicted octanol–water partition coefficient (Wildman–Crippen LogP) is 1.22. The maximum absolute atomic E-state index is 12.1. The van der Waals surface area contributed by atoms with Crippen molar-refractivity contribution in [1.29, 1.82) is 0 Å². The summed E-state index contributed by atoms with van der Waals surface area (Å²) in [4.78, 5) is 24.8. The van der Waals surface area contributed by atoms with Gasteiger partial charge in [0.1, 0.15) is 6.04 Å². The summed E-state index contributed by atoms with van der Waals surface area (Å²) in [5.74, 6) is -0.470. The highest BCUT2D eigenvalue weighted by Crippen LogP contribution is 2.20. The van der Waals surface area contributed by atoms with Crippen molar-refractivity contribution in [3.05, 3.63) is 29.8 Å². The van der Waals surface area contributed by atoms with Crippen LogP contribution in [0.5, 0.6) is 0 Å². The summed E-state index contributed by atoms with van der Waals surface area (Å²) in [6.07, 6.45) is 0.851. The van der Waals surface area contributed by atoms with Gasteiger partial charge in [0.15, 0.2) is 0 Å². The fourth-order valence-electron chi connectivity index (χ4n) is 2.35. The third-order valence-corrected chi connectivity index (χ3v) is 3.49. The van der Waals surface area contributed by atoms with Gasteiger partial charge in [0.2, 0.25) is 5.91 Å². The van der Waals surface area contributed by atoms with Crippen LogP contribution in [0.4, 0.5) is 10.5 Å². The summed E-state index contributed by atoms with van der Waals surface area (Å²) in [6, 6.07) is 6.08. The lowest BCUT2D eigenvalue weighted by atomic mass is 10.1. The van der Waals surface area contributed by atoms with Crippen molar-refractivity contribution < 1.29 is 14.7 Å². The molecular weight excluding hydrogens is 258 g/mol. The summed E-state index contributed by atoms with van der Waals surface area (Å²) in [5.41, 5.74) is 6.68. The van der Waals surface area contributed by atoms with E-state index in [1.807, 2.05) is 0 Å². The van der Waals surface area contributed by atoms with Crippen LogP contribution in [0, 0.1) is 0 Å². The molecule has 0 spiro atoms. The summed E-state index contributed by atoms with van der Waals surface area (Å²) in [5, 5.41) is 12.2. The molecule has 2 rings (SSSR count).